The third kappa shape index (κ3) is 3.07. The summed E-state index contributed by atoms with van der Waals surface area (Å²) in [5.41, 5.74) is 0.692. The Labute approximate surface area is 154 Å². The van der Waals surface area contributed by atoms with Crippen molar-refractivity contribution in [1.82, 2.24) is 9.80 Å². The van der Waals surface area contributed by atoms with Gasteiger partial charge in [0.25, 0.3) is 0 Å². The summed E-state index contributed by atoms with van der Waals surface area (Å²) in [6.07, 6.45) is 2.42. The van der Waals surface area contributed by atoms with E-state index < -0.39 is 0 Å². The highest BCUT2D eigenvalue weighted by Gasteiger charge is 2.52. The number of nitrogens with zero attached hydrogens (tertiary/aromatic N) is 2. The number of carbonyl (C=O) groups excluding carboxylic acids is 2. The van der Waals surface area contributed by atoms with Crippen LogP contribution in [-0.4, -0.2) is 61.6 Å². The summed E-state index contributed by atoms with van der Waals surface area (Å²) in [7, 11) is 1.65. The molecular weight excluding hydrogens is 332 g/mol. The fourth-order valence-corrected chi connectivity index (χ4v) is 4.46. The van der Waals surface area contributed by atoms with E-state index in [1.165, 1.54) is 0 Å². The molecule has 3 fully saturated rings. The van der Waals surface area contributed by atoms with Crippen LogP contribution in [0.25, 0.3) is 0 Å². The molecule has 0 N–H and O–H groups in total. The minimum absolute atomic E-state index is 0.0189. The number of carbonyl (C=O) groups is 2. The van der Waals surface area contributed by atoms with Crippen molar-refractivity contribution in [2.45, 2.75) is 25.8 Å². The molecule has 3 heterocycles. The lowest BCUT2D eigenvalue weighted by molar-refractivity contribution is -0.138. The Morgan fingerprint density at radius 3 is 2.96 bits per heavy atom. The molecular formula is C20H26N2O4. The average Bonchev–Trinajstić information content (AvgIpc) is 3.40. The third-order valence-electron chi connectivity index (χ3n) is 6.05. The van der Waals surface area contributed by atoms with Gasteiger partial charge in [-0.1, -0.05) is 12.1 Å². The zero-order chi connectivity index (χ0) is 18.1. The predicted octanol–water partition coefficient (Wildman–Crippen LogP) is 1.68. The van der Waals surface area contributed by atoms with E-state index in [1.807, 2.05) is 34.1 Å². The quantitative estimate of drug-likeness (QED) is 0.822. The van der Waals surface area contributed by atoms with Crippen molar-refractivity contribution in [1.29, 1.82) is 0 Å². The zero-order valence-corrected chi connectivity index (χ0v) is 15.3. The summed E-state index contributed by atoms with van der Waals surface area (Å²) in [4.78, 5) is 29.6. The van der Waals surface area contributed by atoms with Gasteiger partial charge in [0, 0.05) is 32.8 Å². The van der Waals surface area contributed by atoms with Crippen LogP contribution in [0.2, 0.25) is 0 Å². The molecule has 1 aromatic carbocycles. The van der Waals surface area contributed by atoms with Crippen molar-refractivity contribution in [2.75, 3.05) is 40.0 Å². The fourth-order valence-electron chi connectivity index (χ4n) is 4.46. The van der Waals surface area contributed by atoms with Gasteiger partial charge < -0.3 is 19.3 Å². The van der Waals surface area contributed by atoms with Gasteiger partial charge in [-0.15, -0.1) is 0 Å². The SMILES string of the molecule is COc1cccc(CN2CC[C@@]3(CCN(C(=O)[C@@H]4CCOC4)C3)C2=O)c1. The van der Waals surface area contributed by atoms with E-state index in [9.17, 15) is 9.59 Å². The molecule has 2 amide bonds. The standard InChI is InChI=1S/C20H26N2O4/c1-25-17-4-2-3-15(11-17)12-21-8-6-20(19(21)24)7-9-22(14-20)18(23)16-5-10-26-13-16/h2-4,11,16H,5-10,12-14H2,1H3/t16-,20+/m1/s1. The van der Waals surface area contributed by atoms with Crippen LogP contribution in [0, 0.1) is 11.3 Å². The minimum Gasteiger partial charge on any atom is -0.497 e. The lowest BCUT2D eigenvalue weighted by Crippen LogP contribution is -2.40. The molecule has 3 saturated heterocycles. The Balaban J connectivity index is 1.41. The van der Waals surface area contributed by atoms with Crippen LogP contribution in [-0.2, 0) is 20.9 Å². The summed E-state index contributed by atoms with van der Waals surface area (Å²) in [5, 5.41) is 0. The average molecular weight is 358 g/mol. The minimum atomic E-state index is -0.381. The van der Waals surface area contributed by atoms with E-state index in [0.717, 1.165) is 37.1 Å². The number of hydrogen-bond donors (Lipinski definition) is 0. The largest absolute Gasteiger partial charge is 0.497 e. The second-order valence-electron chi connectivity index (χ2n) is 7.68. The first-order chi connectivity index (χ1) is 12.6. The molecule has 2 atom stereocenters. The van der Waals surface area contributed by atoms with Crippen molar-refractivity contribution in [2.24, 2.45) is 11.3 Å². The number of likely N-dealkylation sites (tertiary alicyclic amines) is 2. The van der Waals surface area contributed by atoms with Crippen LogP contribution < -0.4 is 4.74 Å². The predicted molar refractivity (Wildman–Crippen MR) is 95.6 cm³/mol. The van der Waals surface area contributed by atoms with Gasteiger partial charge in [-0.2, -0.15) is 0 Å². The normalized spacial score (nSPS) is 28.3. The van der Waals surface area contributed by atoms with Crippen molar-refractivity contribution in [3.05, 3.63) is 29.8 Å². The van der Waals surface area contributed by atoms with Crippen LogP contribution in [0.3, 0.4) is 0 Å². The highest BCUT2D eigenvalue weighted by atomic mass is 16.5. The monoisotopic (exact) mass is 358 g/mol. The van der Waals surface area contributed by atoms with Crippen molar-refractivity contribution < 1.29 is 19.1 Å². The molecule has 0 saturated carbocycles. The van der Waals surface area contributed by atoms with Crippen LogP contribution in [0.5, 0.6) is 5.75 Å². The van der Waals surface area contributed by atoms with E-state index in [0.29, 0.717) is 32.8 Å². The highest BCUT2D eigenvalue weighted by Crippen LogP contribution is 2.42. The second kappa shape index (κ2) is 6.91. The van der Waals surface area contributed by atoms with Gasteiger partial charge in [-0.05, 0) is 37.0 Å². The molecule has 1 aromatic rings. The molecule has 0 unspecified atom stereocenters. The van der Waals surface area contributed by atoms with Gasteiger partial charge in [0.2, 0.25) is 11.8 Å². The van der Waals surface area contributed by atoms with Crippen LogP contribution in [0.1, 0.15) is 24.8 Å². The smallest absolute Gasteiger partial charge is 0.231 e. The van der Waals surface area contributed by atoms with Gasteiger partial charge in [-0.25, -0.2) is 0 Å². The van der Waals surface area contributed by atoms with E-state index >= 15 is 0 Å². The number of benzene rings is 1. The van der Waals surface area contributed by atoms with Gasteiger partial charge in [0.1, 0.15) is 5.75 Å². The van der Waals surface area contributed by atoms with E-state index in [4.69, 9.17) is 9.47 Å². The summed E-state index contributed by atoms with van der Waals surface area (Å²) >= 11 is 0. The molecule has 0 radical (unpaired) electrons. The van der Waals surface area contributed by atoms with E-state index in [1.54, 1.807) is 7.11 Å². The maximum atomic E-state index is 13.1. The maximum absolute atomic E-state index is 13.1. The summed E-state index contributed by atoms with van der Waals surface area (Å²) in [6, 6.07) is 7.85. The molecule has 1 spiro atoms. The van der Waals surface area contributed by atoms with Crippen molar-refractivity contribution >= 4 is 11.8 Å². The van der Waals surface area contributed by atoms with E-state index in [-0.39, 0.29) is 23.1 Å². The van der Waals surface area contributed by atoms with Gasteiger partial charge in [0.15, 0.2) is 0 Å². The van der Waals surface area contributed by atoms with Crippen molar-refractivity contribution in [3.63, 3.8) is 0 Å². The van der Waals surface area contributed by atoms with Gasteiger partial charge in [0.05, 0.1) is 25.0 Å². The zero-order valence-electron chi connectivity index (χ0n) is 15.3. The molecule has 140 valence electrons. The molecule has 0 bridgehead atoms. The van der Waals surface area contributed by atoms with Gasteiger partial charge in [-0.3, -0.25) is 9.59 Å². The number of methoxy groups -OCH3 is 1. The third-order valence-corrected chi connectivity index (χ3v) is 6.05. The lowest BCUT2D eigenvalue weighted by Gasteiger charge is -2.25. The molecule has 6 heteroatoms. The Bertz CT molecular complexity index is 701. The Hall–Kier alpha value is -2.08. The first-order valence-corrected chi connectivity index (χ1v) is 9.40. The Kier molecular flexibility index (Phi) is 4.61. The fraction of sp³-hybridized carbons (Fsp3) is 0.600. The van der Waals surface area contributed by atoms with Crippen LogP contribution in [0.15, 0.2) is 24.3 Å². The van der Waals surface area contributed by atoms with Crippen LogP contribution >= 0.6 is 0 Å². The molecule has 0 aliphatic carbocycles. The topological polar surface area (TPSA) is 59.1 Å². The lowest BCUT2D eigenvalue weighted by atomic mass is 9.85. The summed E-state index contributed by atoms with van der Waals surface area (Å²) < 4.78 is 10.6. The molecule has 3 aliphatic rings. The molecule has 4 rings (SSSR count). The van der Waals surface area contributed by atoms with Gasteiger partial charge >= 0.3 is 0 Å². The van der Waals surface area contributed by atoms with E-state index in [2.05, 4.69) is 0 Å². The highest BCUT2D eigenvalue weighted by molar-refractivity contribution is 5.87. The Morgan fingerprint density at radius 2 is 2.19 bits per heavy atom. The second-order valence-corrected chi connectivity index (χ2v) is 7.68. The number of ether oxygens (including phenoxy) is 2. The summed E-state index contributed by atoms with van der Waals surface area (Å²) in [6.45, 7) is 3.80. The molecule has 0 aromatic heterocycles. The Morgan fingerprint density at radius 1 is 1.35 bits per heavy atom. The summed E-state index contributed by atoms with van der Waals surface area (Å²) in [5.74, 6) is 1.14. The number of amides is 2. The molecule has 6 nitrogen and oxygen atoms in total. The van der Waals surface area contributed by atoms with Crippen molar-refractivity contribution in [3.8, 4) is 5.75 Å². The number of rotatable bonds is 4. The molecule has 3 aliphatic heterocycles. The first kappa shape index (κ1) is 17.3. The maximum Gasteiger partial charge on any atom is 0.231 e. The molecule has 26 heavy (non-hydrogen) atoms. The van der Waals surface area contributed by atoms with Crippen LogP contribution in [0.4, 0.5) is 0 Å². The number of hydrogen-bond acceptors (Lipinski definition) is 4. The first-order valence-electron chi connectivity index (χ1n) is 9.40.